The molecule has 8 heteroatoms. The van der Waals surface area contributed by atoms with Gasteiger partial charge in [0, 0.05) is 31.4 Å². The molecule has 0 atom stereocenters. The minimum absolute atomic E-state index is 0.291. The molecule has 0 aliphatic heterocycles. The molecule has 6 N–H and O–H groups in total. The fourth-order valence-electron chi connectivity index (χ4n) is 6.28. The molecule has 3 fully saturated rings. The van der Waals surface area contributed by atoms with E-state index in [1.165, 1.54) is 37.7 Å². The molecule has 2 bridgehead atoms. The molecule has 3 aromatic rings. The van der Waals surface area contributed by atoms with E-state index >= 15 is 0 Å². The molecule has 2 aromatic heterocycles. The van der Waals surface area contributed by atoms with Crippen LogP contribution in [0.2, 0.25) is 0 Å². The summed E-state index contributed by atoms with van der Waals surface area (Å²) in [5.41, 5.74) is 17.0. The van der Waals surface area contributed by atoms with Crippen LogP contribution in [0.1, 0.15) is 56.6 Å². The lowest BCUT2D eigenvalue weighted by molar-refractivity contribution is -0.192. The van der Waals surface area contributed by atoms with Crippen molar-refractivity contribution in [1.29, 1.82) is 0 Å². The molecule has 6 rings (SSSR count). The molecule has 0 unspecified atom stereocenters. The summed E-state index contributed by atoms with van der Waals surface area (Å²) < 4.78 is 7.95. The Morgan fingerprint density at radius 2 is 1.94 bits per heavy atom. The van der Waals surface area contributed by atoms with Crippen molar-refractivity contribution in [3.63, 3.8) is 0 Å². The number of methoxy groups -OCH3 is 1. The number of nitrogens with zero attached hydrogens (tertiary/aromatic N) is 3. The molecular formula is C27H39N7O. The molecule has 3 aliphatic carbocycles. The van der Waals surface area contributed by atoms with Gasteiger partial charge in [-0.25, -0.2) is 4.98 Å². The first-order chi connectivity index (χ1) is 17.0. The monoisotopic (exact) mass is 477 g/mol. The van der Waals surface area contributed by atoms with Crippen LogP contribution in [0.25, 0.3) is 11.0 Å². The summed E-state index contributed by atoms with van der Waals surface area (Å²) >= 11 is 0. The van der Waals surface area contributed by atoms with Crippen molar-refractivity contribution in [2.45, 2.75) is 58.5 Å². The van der Waals surface area contributed by atoms with Crippen molar-refractivity contribution < 1.29 is 4.74 Å². The normalized spacial score (nSPS) is 22.6. The Balaban J connectivity index is 1.26. The molecule has 188 valence electrons. The highest BCUT2D eigenvalue weighted by Crippen LogP contribution is 2.72. The Bertz CT molecular complexity index is 1170. The topological polar surface area (TPSA) is 116 Å². The molecule has 8 nitrogen and oxygen atoms in total. The maximum Gasteiger partial charge on any atom is 0.222 e. The van der Waals surface area contributed by atoms with Gasteiger partial charge in [-0.3, -0.25) is 0 Å². The van der Waals surface area contributed by atoms with Gasteiger partial charge in [0.15, 0.2) is 5.82 Å². The fraction of sp³-hybridized carbons (Fsp3) is 0.556. The lowest BCUT2D eigenvalue weighted by Gasteiger charge is -2.71. The third-order valence-corrected chi connectivity index (χ3v) is 7.90. The average molecular weight is 478 g/mol. The summed E-state index contributed by atoms with van der Waals surface area (Å²) in [6.07, 6.45) is 9.39. The van der Waals surface area contributed by atoms with E-state index < -0.39 is 0 Å². The van der Waals surface area contributed by atoms with Gasteiger partial charge >= 0.3 is 0 Å². The first kappa shape index (κ1) is 23.9. The van der Waals surface area contributed by atoms with Crippen LogP contribution in [-0.2, 0) is 13.1 Å². The van der Waals surface area contributed by atoms with Crippen molar-refractivity contribution in [3.8, 4) is 5.75 Å². The highest BCUT2D eigenvalue weighted by atomic mass is 16.5. The van der Waals surface area contributed by atoms with Gasteiger partial charge in [0.1, 0.15) is 11.3 Å². The summed E-state index contributed by atoms with van der Waals surface area (Å²) in [5, 5.41) is 7.14. The van der Waals surface area contributed by atoms with Gasteiger partial charge in [0.05, 0.1) is 19.2 Å². The summed E-state index contributed by atoms with van der Waals surface area (Å²) in [6, 6.07) is 8.50. The summed E-state index contributed by atoms with van der Waals surface area (Å²) in [7, 11) is 1.74. The van der Waals surface area contributed by atoms with E-state index in [1.54, 1.807) is 7.11 Å². The molecule has 35 heavy (non-hydrogen) atoms. The number of fused-ring (bicyclic) bond motifs is 1. The number of hydrogen-bond acceptors (Lipinski definition) is 7. The van der Waals surface area contributed by atoms with E-state index in [-0.39, 0.29) is 0 Å². The molecule has 1 aromatic carbocycles. The van der Waals surface area contributed by atoms with E-state index in [0.717, 1.165) is 60.8 Å². The zero-order valence-corrected chi connectivity index (χ0v) is 21.1. The van der Waals surface area contributed by atoms with Crippen LogP contribution >= 0.6 is 0 Å². The average Bonchev–Trinajstić information content (AvgIpc) is 3.20. The second kappa shape index (κ2) is 9.66. The number of anilines is 2. The summed E-state index contributed by atoms with van der Waals surface area (Å²) in [4.78, 5) is 8.93. The number of benzene rings is 1. The lowest BCUT2D eigenvalue weighted by Crippen LogP contribution is -2.67. The first-order valence-electron chi connectivity index (χ1n) is 12.9. The highest BCUT2D eigenvalue weighted by Gasteiger charge is 2.66. The third-order valence-electron chi connectivity index (χ3n) is 7.90. The number of rotatable bonds is 13. The maximum absolute atomic E-state index is 5.97. The van der Waals surface area contributed by atoms with Gasteiger partial charge in [0.25, 0.3) is 0 Å². The Morgan fingerprint density at radius 3 is 2.69 bits per heavy atom. The number of nitrogen functional groups attached to an aromatic ring is 1. The van der Waals surface area contributed by atoms with Gasteiger partial charge in [-0.2, -0.15) is 4.98 Å². The molecule has 0 saturated heterocycles. The SMILES string of the molecule is CCCCCNc1nc(N)nc2ccn(Cc3ccc(CNCC45CC(CN)(C4)C5)cc3OC)c12. The quantitative estimate of drug-likeness (QED) is 0.276. The highest BCUT2D eigenvalue weighted by molar-refractivity contribution is 5.87. The minimum atomic E-state index is 0.291. The van der Waals surface area contributed by atoms with Crippen LogP contribution < -0.4 is 26.8 Å². The number of unbranched alkanes of at least 4 members (excludes halogenated alkanes) is 2. The van der Waals surface area contributed by atoms with E-state index in [1.807, 2.05) is 12.3 Å². The van der Waals surface area contributed by atoms with Crippen molar-refractivity contribution >= 4 is 22.8 Å². The van der Waals surface area contributed by atoms with Crippen LogP contribution in [0.15, 0.2) is 30.5 Å². The number of nitrogens with one attached hydrogen (secondary N) is 2. The Labute approximate surface area is 207 Å². The number of hydrogen-bond donors (Lipinski definition) is 4. The Hall–Kier alpha value is -2.84. The minimum Gasteiger partial charge on any atom is -0.496 e. The number of ether oxygens (including phenoxy) is 1. The van der Waals surface area contributed by atoms with Crippen LogP contribution in [0.5, 0.6) is 5.75 Å². The molecular weight excluding hydrogens is 438 g/mol. The molecule has 0 radical (unpaired) electrons. The fourth-order valence-corrected chi connectivity index (χ4v) is 6.28. The van der Waals surface area contributed by atoms with Crippen LogP contribution in [0.3, 0.4) is 0 Å². The Morgan fingerprint density at radius 1 is 1.11 bits per heavy atom. The summed E-state index contributed by atoms with van der Waals surface area (Å²) in [5.74, 6) is 1.98. The standard InChI is InChI=1S/C27H39N7O/c1-3-4-5-9-31-24-23-21(32-25(29)33-24)8-10-34(23)13-20-7-6-19(11-22(20)35-2)12-30-18-27-14-26(15-27,16-27)17-28/h6-8,10-11,30H,3-5,9,12-18,28H2,1-2H3,(H3,29,31,32,33). The smallest absolute Gasteiger partial charge is 0.222 e. The Kier molecular flexibility index (Phi) is 6.59. The second-order valence-corrected chi connectivity index (χ2v) is 10.7. The van der Waals surface area contributed by atoms with Gasteiger partial charge in [0.2, 0.25) is 5.95 Å². The van der Waals surface area contributed by atoms with E-state index in [4.69, 9.17) is 16.2 Å². The predicted molar refractivity (Wildman–Crippen MR) is 142 cm³/mol. The van der Waals surface area contributed by atoms with Gasteiger partial charge in [-0.1, -0.05) is 31.9 Å². The van der Waals surface area contributed by atoms with Crippen LogP contribution in [-0.4, -0.2) is 41.3 Å². The maximum atomic E-state index is 5.97. The van der Waals surface area contributed by atoms with E-state index in [0.29, 0.717) is 23.3 Å². The molecule has 3 saturated carbocycles. The van der Waals surface area contributed by atoms with Gasteiger partial charge < -0.3 is 31.4 Å². The van der Waals surface area contributed by atoms with Crippen molar-refractivity contribution in [3.05, 3.63) is 41.6 Å². The summed E-state index contributed by atoms with van der Waals surface area (Å²) in [6.45, 7) is 6.50. The van der Waals surface area contributed by atoms with Crippen LogP contribution in [0, 0.1) is 10.8 Å². The molecule has 0 spiro atoms. The first-order valence-corrected chi connectivity index (χ1v) is 12.9. The molecule has 0 amide bonds. The zero-order valence-electron chi connectivity index (χ0n) is 21.1. The number of aromatic nitrogens is 3. The lowest BCUT2D eigenvalue weighted by atomic mass is 9.35. The van der Waals surface area contributed by atoms with Gasteiger partial charge in [-0.05, 0) is 60.8 Å². The van der Waals surface area contributed by atoms with Gasteiger partial charge in [-0.15, -0.1) is 0 Å². The van der Waals surface area contributed by atoms with E-state index in [2.05, 4.69) is 50.3 Å². The second-order valence-electron chi connectivity index (χ2n) is 10.7. The zero-order chi connectivity index (χ0) is 24.5. The predicted octanol–water partition coefficient (Wildman–Crippen LogP) is 3.89. The largest absolute Gasteiger partial charge is 0.496 e. The van der Waals surface area contributed by atoms with Crippen molar-refractivity contribution in [2.75, 3.05) is 37.8 Å². The van der Waals surface area contributed by atoms with Crippen molar-refractivity contribution in [2.24, 2.45) is 16.6 Å². The van der Waals surface area contributed by atoms with Crippen molar-refractivity contribution in [1.82, 2.24) is 19.9 Å². The van der Waals surface area contributed by atoms with Crippen LogP contribution in [0.4, 0.5) is 11.8 Å². The number of nitrogens with two attached hydrogens (primary N) is 2. The third kappa shape index (κ3) is 4.69. The molecule has 2 heterocycles. The van der Waals surface area contributed by atoms with E-state index in [9.17, 15) is 0 Å². The molecule has 3 aliphatic rings.